The number of nitrogens with zero attached hydrogens (tertiary/aromatic N) is 1. The van der Waals surface area contributed by atoms with Crippen molar-refractivity contribution < 1.29 is 4.74 Å². The van der Waals surface area contributed by atoms with Crippen molar-refractivity contribution in [2.24, 2.45) is 0 Å². The molecule has 2 rings (SSSR count). The van der Waals surface area contributed by atoms with Gasteiger partial charge >= 0.3 is 0 Å². The number of aryl methyl sites for hydroxylation is 1. The number of likely N-dealkylation sites (N-methyl/N-ethyl adjacent to an activating group) is 1. The fraction of sp³-hybridized carbons (Fsp3) is 0.471. The Labute approximate surface area is 131 Å². The van der Waals surface area contributed by atoms with Crippen LogP contribution in [0, 0.1) is 6.92 Å². The summed E-state index contributed by atoms with van der Waals surface area (Å²) in [4.78, 5) is 4.57. The van der Waals surface area contributed by atoms with E-state index in [0.29, 0.717) is 6.04 Å². The highest BCUT2D eigenvalue weighted by Crippen LogP contribution is 2.22. The van der Waals surface area contributed by atoms with Crippen LogP contribution in [0.4, 0.5) is 0 Å². The second-order valence-electron chi connectivity index (χ2n) is 5.41. The maximum absolute atomic E-state index is 5.70. The van der Waals surface area contributed by atoms with Gasteiger partial charge in [-0.15, -0.1) is 11.3 Å². The minimum absolute atomic E-state index is 0.207. The van der Waals surface area contributed by atoms with Crippen LogP contribution in [0.3, 0.4) is 0 Å². The average Bonchev–Trinajstić information content (AvgIpc) is 2.84. The van der Waals surface area contributed by atoms with Crippen LogP contribution in [0.5, 0.6) is 5.75 Å². The molecule has 1 atom stereocenters. The normalized spacial score (nSPS) is 12.6. The van der Waals surface area contributed by atoms with Gasteiger partial charge < -0.3 is 10.1 Å². The molecule has 1 heterocycles. The van der Waals surface area contributed by atoms with Crippen LogP contribution in [0.1, 0.15) is 43.1 Å². The van der Waals surface area contributed by atoms with Gasteiger partial charge in [-0.25, -0.2) is 4.98 Å². The third-order valence-electron chi connectivity index (χ3n) is 3.18. The van der Waals surface area contributed by atoms with Crippen molar-refractivity contribution in [2.75, 3.05) is 6.54 Å². The topological polar surface area (TPSA) is 34.2 Å². The van der Waals surface area contributed by atoms with E-state index >= 15 is 0 Å². The van der Waals surface area contributed by atoms with Gasteiger partial charge in [-0.2, -0.15) is 0 Å². The van der Waals surface area contributed by atoms with E-state index in [-0.39, 0.29) is 6.10 Å². The summed E-state index contributed by atoms with van der Waals surface area (Å²) in [5.41, 5.74) is 2.43. The molecule has 0 saturated heterocycles. The third-order valence-corrected chi connectivity index (χ3v) is 4.01. The molecule has 114 valence electrons. The van der Waals surface area contributed by atoms with Crippen molar-refractivity contribution in [1.82, 2.24) is 10.3 Å². The fourth-order valence-electron chi connectivity index (χ4n) is 2.32. The summed E-state index contributed by atoms with van der Waals surface area (Å²) in [6, 6.07) is 8.68. The molecule has 0 aliphatic carbocycles. The van der Waals surface area contributed by atoms with E-state index < -0.39 is 0 Å². The summed E-state index contributed by atoms with van der Waals surface area (Å²) in [6.07, 6.45) is 1.13. The minimum Gasteiger partial charge on any atom is -0.491 e. The smallest absolute Gasteiger partial charge is 0.119 e. The van der Waals surface area contributed by atoms with Gasteiger partial charge in [0.1, 0.15) is 5.75 Å². The molecule has 0 radical (unpaired) electrons. The Morgan fingerprint density at radius 2 is 1.95 bits per heavy atom. The molecule has 0 aliphatic rings. The first-order chi connectivity index (χ1) is 10.1. The maximum atomic E-state index is 5.70. The van der Waals surface area contributed by atoms with Crippen molar-refractivity contribution in [3.63, 3.8) is 0 Å². The zero-order valence-electron chi connectivity index (χ0n) is 13.2. The Morgan fingerprint density at radius 1 is 1.24 bits per heavy atom. The first-order valence-electron chi connectivity index (χ1n) is 7.49. The summed E-state index contributed by atoms with van der Waals surface area (Å²) in [7, 11) is 0. The molecular formula is C17H24N2OS. The van der Waals surface area contributed by atoms with Gasteiger partial charge in [0.05, 0.1) is 16.8 Å². The highest BCUT2D eigenvalue weighted by molar-refractivity contribution is 7.09. The summed E-state index contributed by atoms with van der Waals surface area (Å²) in [6.45, 7) is 9.21. The second kappa shape index (κ2) is 7.57. The van der Waals surface area contributed by atoms with Crippen molar-refractivity contribution >= 4 is 11.3 Å². The predicted molar refractivity (Wildman–Crippen MR) is 89.2 cm³/mol. The number of thiazole rings is 1. The number of nitrogens with one attached hydrogen (secondary N) is 1. The second-order valence-corrected chi connectivity index (χ2v) is 6.47. The Morgan fingerprint density at radius 3 is 2.48 bits per heavy atom. The molecule has 21 heavy (non-hydrogen) atoms. The number of hydrogen-bond acceptors (Lipinski definition) is 4. The Hall–Kier alpha value is -1.39. The molecule has 0 aliphatic heterocycles. The third kappa shape index (κ3) is 4.83. The molecule has 2 aromatic rings. The van der Waals surface area contributed by atoms with Crippen LogP contribution in [0.2, 0.25) is 0 Å². The minimum atomic E-state index is 0.207. The van der Waals surface area contributed by atoms with Crippen LogP contribution in [-0.2, 0) is 6.42 Å². The van der Waals surface area contributed by atoms with Gasteiger partial charge in [-0.3, -0.25) is 0 Å². The zero-order chi connectivity index (χ0) is 15.2. The van der Waals surface area contributed by atoms with Gasteiger partial charge in [0.25, 0.3) is 0 Å². The molecular weight excluding hydrogens is 280 g/mol. The number of hydrogen-bond donors (Lipinski definition) is 1. The molecule has 3 nitrogen and oxygen atoms in total. The summed E-state index contributed by atoms with van der Waals surface area (Å²) in [5, 5.41) is 6.82. The van der Waals surface area contributed by atoms with Crippen LogP contribution in [0.15, 0.2) is 29.6 Å². The summed E-state index contributed by atoms with van der Waals surface area (Å²) in [5.74, 6) is 0.925. The van der Waals surface area contributed by atoms with Crippen LogP contribution in [-0.4, -0.2) is 17.6 Å². The van der Waals surface area contributed by atoms with Crippen molar-refractivity contribution in [3.05, 3.63) is 45.9 Å². The Balaban J connectivity index is 2.10. The lowest BCUT2D eigenvalue weighted by atomic mass is 10.0. The standard InChI is InChI=1S/C17H24N2OS/c1-5-18-17(10-15-11-21-13(4)19-15)14-6-8-16(9-7-14)20-12(2)3/h6-9,11-12,17-18H,5,10H2,1-4H3. The van der Waals surface area contributed by atoms with E-state index in [1.54, 1.807) is 11.3 Å². The van der Waals surface area contributed by atoms with Gasteiger partial charge in [-0.1, -0.05) is 19.1 Å². The lowest BCUT2D eigenvalue weighted by Crippen LogP contribution is -2.23. The highest BCUT2D eigenvalue weighted by atomic mass is 32.1. The van der Waals surface area contributed by atoms with Crippen LogP contribution < -0.4 is 10.1 Å². The lowest BCUT2D eigenvalue weighted by Gasteiger charge is -2.18. The molecule has 1 N–H and O–H groups in total. The number of aromatic nitrogens is 1. The van der Waals surface area contributed by atoms with Gasteiger partial charge in [0.2, 0.25) is 0 Å². The Kier molecular flexibility index (Phi) is 5.76. The van der Waals surface area contributed by atoms with Gasteiger partial charge in [-0.05, 0) is 45.0 Å². The van der Waals surface area contributed by atoms with Crippen molar-refractivity contribution in [3.8, 4) is 5.75 Å². The van der Waals surface area contributed by atoms with Crippen molar-refractivity contribution in [1.29, 1.82) is 0 Å². The van der Waals surface area contributed by atoms with Crippen LogP contribution in [0.25, 0.3) is 0 Å². The molecule has 0 fully saturated rings. The van der Waals surface area contributed by atoms with E-state index in [0.717, 1.165) is 29.4 Å². The number of benzene rings is 1. The molecule has 4 heteroatoms. The van der Waals surface area contributed by atoms with E-state index in [4.69, 9.17) is 4.74 Å². The van der Waals surface area contributed by atoms with Gasteiger partial charge in [0.15, 0.2) is 0 Å². The number of ether oxygens (including phenoxy) is 1. The molecule has 1 unspecified atom stereocenters. The molecule has 1 aromatic heterocycles. The van der Waals surface area contributed by atoms with Crippen LogP contribution >= 0.6 is 11.3 Å². The molecule has 0 bridgehead atoms. The summed E-state index contributed by atoms with van der Waals surface area (Å²) >= 11 is 1.71. The van der Waals surface area contributed by atoms with Gasteiger partial charge in [0, 0.05) is 17.8 Å². The zero-order valence-corrected chi connectivity index (χ0v) is 14.0. The predicted octanol–water partition coefficient (Wildman–Crippen LogP) is 4.13. The van der Waals surface area contributed by atoms with E-state index in [1.165, 1.54) is 5.56 Å². The summed E-state index contributed by atoms with van der Waals surface area (Å²) < 4.78 is 5.70. The maximum Gasteiger partial charge on any atom is 0.119 e. The average molecular weight is 304 g/mol. The highest BCUT2D eigenvalue weighted by Gasteiger charge is 2.13. The van der Waals surface area contributed by atoms with Crippen molar-refractivity contribution in [2.45, 2.75) is 46.3 Å². The largest absolute Gasteiger partial charge is 0.491 e. The first-order valence-corrected chi connectivity index (χ1v) is 8.37. The molecule has 1 aromatic carbocycles. The van der Waals surface area contributed by atoms with E-state index in [2.05, 4.69) is 41.7 Å². The first kappa shape index (κ1) is 16.0. The van der Waals surface area contributed by atoms with E-state index in [1.807, 2.05) is 26.0 Å². The van der Waals surface area contributed by atoms with E-state index in [9.17, 15) is 0 Å². The fourth-order valence-corrected chi connectivity index (χ4v) is 2.94. The SMILES string of the molecule is CCNC(Cc1csc(C)n1)c1ccc(OC(C)C)cc1. The molecule has 0 spiro atoms. The molecule has 0 saturated carbocycles. The number of rotatable bonds is 7. The Bertz CT molecular complexity index is 548. The quantitative estimate of drug-likeness (QED) is 0.835. The monoisotopic (exact) mass is 304 g/mol. The lowest BCUT2D eigenvalue weighted by molar-refractivity contribution is 0.242. The molecule has 0 amide bonds.